The maximum absolute atomic E-state index is 12.9. The molecule has 0 radical (unpaired) electrons. The molecule has 29 heavy (non-hydrogen) atoms. The summed E-state index contributed by atoms with van der Waals surface area (Å²) in [5, 5.41) is 4.37. The first-order valence-corrected chi connectivity index (χ1v) is 10.3. The SMILES string of the molecule is CC1CCc2c(C(=O)OCC(=O)N(C)CC(=O)Nc3ccc(F)cc3)csc2C1. The van der Waals surface area contributed by atoms with Crippen LogP contribution in [0.5, 0.6) is 0 Å². The third kappa shape index (κ3) is 5.41. The molecule has 2 amide bonds. The van der Waals surface area contributed by atoms with Crippen molar-refractivity contribution in [1.29, 1.82) is 0 Å². The van der Waals surface area contributed by atoms with Crippen LogP contribution >= 0.6 is 11.3 Å². The molecular formula is C21H23FN2O4S. The monoisotopic (exact) mass is 418 g/mol. The maximum Gasteiger partial charge on any atom is 0.339 e. The van der Waals surface area contributed by atoms with Crippen molar-refractivity contribution in [3.05, 3.63) is 51.5 Å². The molecule has 0 aliphatic heterocycles. The predicted molar refractivity (Wildman–Crippen MR) is 108 cm³/mol. The molecule has 0 spiro atoms. The lowest BCUT2D eigenvalue weighted by Gasteiger charge is -2.19. The molecule has 1 atom stereocenters. The molecule has 0 bridgehead atoms. The molecule has 1 aromatic heterocycles. The summed E-state index contributed by atoms with van der Waals surface area (Å²) in [5.41, 5.74) is 2.01. The molecule has 1 N–H and O–H groups in total. The first-order valence-electron chi connectivity index (χ1n) is 9.39. The number of esters is 1. The lowest BCUT2D eigenvalue weighted by Crippen LogP contribution is -2.37. The lowest BCUT2D eigenvalue weighted by molar-refractivity contribution is -0.136. The molecule has 3 rings (SSSR count). The molecule has 8 heteroatoms. The van der Waals surface area contributed by atoms with Gasteiger partial charge in [-0.25, -0.2) is 9.18 Å². The fraction of sp³-hybridized carbons (Fsp3) is 0.381. The van der Waals surface area contributed by atoms with Gasteiger partial charge in [-0.3, -0.25) is 9.59 Å². The second-order valence-electron chi connectivity index (χ2n) is 7.28. The van der Waals surface area contributed by atoms with E-state index in [1.807, 2.05) is 0 Å². The minimum Gasteiger partial charge on any atom is -0.452 e. The van der Waals surface area contributed by atoms with E-state index in [0.717, 1.165) is 24.8 Å². The van der Waals surface area contributed by atoms with Gasteiger partial charge < -0.3 is 15.0 Å². The van der Waals surface area contributed by atoms with Gasteiger partial charge in [0.15, 0.2) is 6.61 Å². The summed E-state index contributed by atoms with van der Waals surface area (Å²) >= 11 is 1.56. The molecule has 2 aromatic rings. The molecule has 0 saturated carbocycles. The number of nitrogens with one attached hydrogen (secondary N) is 1. The average Bonchev–Trinajstić information content (AvgIpc) is 3.10. The van der Waals surface area contributed by atoms with Crippen molar-refractivity contribution >= 4 is 34.8 Å². The molecule has 0 fully saturated rings. The third-order valence-corrected chi connectivity index (χ3v) is 5.93. The smallest absolute Gasteiger partial charge is 0.339 e. The minimum atomic E-state index is -0.505. The van der Waals surface area contributed by atoms with Crippen LogP contribution in [0.3, 0.4) is 0 Å². The van der Waals surface area contributed by atoms with Gasteiger partial charge in [-0.15, -0.1) is 11.3 Å². The molecule has 1 aliphatic rings. The standard InChI is InChI=1S/C21H23FN2O4S/c1-13-3-8-16-17(12-29-18(16)9-13)21(27)28-11-20(26)24(2)10-19(25)23-15-6-4-14(22)5-7-15/h4-7,12-13H,3,8-11H2,1-2H3,(H,23,25). The molecule has 1 aliphatic carbocycles. The van der Waals surface area contributed by atoms with Crippen molar-refractivity contribution in [2.24, 2.45) is 5.92 Å². The highest BCUT2D eigenvalue weighted by atomic mass is 32.1. The number of carbonyl (C=O) groups excluding carboxylic acids is 3. The number of thiophene rings is 1. The number of nitrogens with zero attached hydrogens (tertiary/aromatic N) is 1. The molecule has 1 aromatic carbocycles. The van der Waals surface area contributed by atoms with Crippen molar-refractivity contribution in [2.45, 2.75) is 26.2 Å². The van der Waals surface area contributed by atoms with Crippen LogP contribution in [0.4, 0.5) is 10.1 Å². The van der Waals surface area contributed by atoms with E-state index in [1.54, 1.807) is 16.7 Å². The Morgan fingerprint density at radius 3 is 2.72 bits per heavy atom. The van der Waals surface area contributed by atoms with Crippen LogP contribution in [-0.4, -0.2) is 42.9 Å². The van der Waals surface area contributed by atoms with Crippen molar-refractivity contribution in [1.82, 2.24) is 4.90 Å². The normalized spacial score (nSPS) is 15.3. The Bertz CT molecular complexity index is 910. The highest BCUT2D eigenvalue weighted by molar-refractivity contribution is 7.10. The van der Waals surface area contributed by atoms with Gasteiger partial charge in [-0.2, -0.15) is 0 Å². The Balaban J connectivity index is 1.48. The molecule has 0 saturated heterocycles. The number of fused-ring (bicyclic) bond motifs is 1. The van der Waals surface area contributed by atoms with Crippen LogP contribution < -0.4 is 5.32 Å². The van der Waals surface area contributed by atoms with Crippen LogP contribution in [-0.2, 0) is 27.2 Å². The Morgan fingerprint density at radius 2 is 2.00 bits per heavy atom. The summed E-state index contributed by atoms with van der Waals surface area (Å²) in [6, 6.07) is 5.32. The first kappa shape index (κ1) is 21.0. The van der Waals surface area contributed by atoms with E-state index in [9.17, 15) is 18.8 Å². The van der Waals surface area contributed by atoms with Gasteiger partial charge in [-0.05, 0) is 55.0 Å². The fourth-order valence-electron chi connectivity index (χ4n) is 3.20. The van der Waals surface area contributed by atoms with E-state index >= 15 is 0 Å². The van der Waals surface area contributed by atoms with Gasteiger partial charge in [0.1, 0.15) is 5.82 Å². The molecular weight excluding hydrogens is 395 g/mol. The van der Waals surface area contributed by atoms with Crippen LogP contribution in [0.25, 0.3) is 0 Å². The van der Waals surface area contributed by atoms with Crippen molar-refractivity contribution in [2.75, 3.05) is 25.5 Å². The number of carbonyl (C=O) groups is 3. The molecule has 1 heterocycles. The first-order chi connectivity index (χ1) is 13.8. The van der Waals surface area contributed by atoms with E-state index in [1.165, 1.54) is 41.1 Å². The van der Waals surface area contributed by atoms with Crippen LogP contribution in [0.15, 0.2) is 29.6 Å². The van der Waals surface area contributed by atoms with E-state index < -0.39 is 30.2 Å². The quantitative estimate of drug-likeness (QED) is 0.731. The fourth-order valence-corrected chi connectivity index (χ4v) is 4.43. The summed E-state index contributed by atoms with van der Waals surface area (Å²) in [4.78, 5) is 39.0. The number of hydrogen-bond donors (Lipinski definition) is 1. The Kier molecular flexibility index (Phi) is 6.64. The molecule has 6 nitrogen and oxygen atoms in total. The van der Waals surface area contributed by atoms with Crippen LogP contribution in [0.2, 0.25) is 0 Å². The Labute approximate surface area is 172 Å². The number of benzene rings is 1. The molecule has 1 unspecified atom stereocenters. The second kappa shape index (κ2) is 9.17. The van der Waals surface area contributed by atoms with Gasteiger partial charge in [0.2, 0.25) is 5.91 Å². The average molecular weight is 418 g/mol. The highest BCUT2D eigenvalue weighted by Crippen LogP contribution is 2.33. The number of ether oxygens (including phenoxy) is 1. The largest absolute Gasteiger partial charge is 0.452 e. The lowest BCUT2D eigenvalue weighted by atomic mass is 9.88. The van der Waals surface area contributed by atoms with E-state index in [-0.39, 0.29) is 6.54 Å². The summed E-state index contributed by atoms with van der Waals surface area (Å²) in [6.07, 6.45) is 2.86. The number of rotatable bonds is 6. The van der Waals surface area contributed by atoms with Crippen LogP contribution in [0, 0.1) is 11.7 Å². The van der Waals surface area contributed by atoms with Crippen molar-refractivity contribution in [3.63, 3.8) is 0 Å². The minimum absolute atomic E-state index is 0.209. The maximum atomic E-state index is 12.9. The van der Waals surface area contributed by atoms with Crippen LogP contribution in [0.1, 0.15) is 34.1 Å². The summed E-state index contributed by atoms with van der Waals surface area (Å²) in [7, 11) is 1.45. The van der Waals surface area contributed by atoms with E-state index in [2.05, 4.69) is 12.2 Å². The highest BCUT2D eigenvalue weighted by Gasteiger charge is 2.25. The predicted octanol–water partition coefficient (Wildman–Crippen LogP) is 3.27. The number of halogens is 1. The summed E-state index contributed by atoms with van der Waals surface area (Å²) in [5.74, 6) is -1.21. The van der Waals surface area contributed by atoms with E-state index in [4.69, 9.17) is 4.74 Å². The van der Waals surface area contributed by atoms with Gasteiger partial charge in [0.05, 0.1) is 12.1 Å². The zero-order valence-corrected chi connectivity index (χ0v) is 17.2. The second-order valence-corrected chi connectivity index (χ2v) is 8.24. The number of hydrogen-bond acceptors (Lipinski definition) is 5. The number of likely N-dealkylation sites (N-methyl/N-ethyl adjacent to an activating group) is 1. The van der Waals surface area contributed by atoms with E-state index in [0.29, 0.717) is 17.2 Å². The van der Waals surface area contributed by atoms with Crippen molar-refractivity contribution < 1.29 is 23.5 Å². The number of amides is 2. The Hall–Kier alpha value is -2.74. The topological polar surface area (TPSA) is 75.7 Å². The molecule has 154 valence electrons. The van der Waals surface area contributed by atoms with Gasteiger partial charge >= 0.3 is 5.97 Å². The Morgan fingerprint density at radius 1 is 1.28 bits per heavy atom. The summed E-state index contributed by atoms with van der Waals surface area (Å²) < 4.78 is 18.1. The van der Waals surface area contributed by atoms with Gasteiger partial charge in [0.25, 0.3) is 5.91 Å². The zero-order chi connectivity index (χ0) is 21.0. The van der Waals surface area contributed by atoms with Gasteiger partial charge in [0, 0.05) is 23.0 Å². The van der Waals surface area contributed by atoms with Gasteiger partial charge in [-0.1, -0.05) is 6.92 Å². The zero-order valence-electron chi connectivity index (χ0n) is 16.4. The third-order valence-electron chi connectivity index (χ3n) is 4.88. The van der Waals surface area contributed by atoms with Crippen molar-refractivity contribution in [3.8, 4) is 0 Å². The number of anilines is 1. The summed E-state index contributed by atoms with van der Waals surface area (Å²) in [6.45, 7) is 1.56.